The van der Waals surface area contributed by atoms with Gasteiger partial charge in [0, 0.05) is 31.9 Å². The molecule has 0 unspecified atom stereocenters. The van der Waals surface area contributed by atoms with Crippen LogP contribution >= 0.6 is 0 Å². The second kappa shape index (κ2) is 7.94. The van der Waals surface area contributed by atoms with Gasteiger partial charge in [-0.25, -0.2) is 4.98 Å². The average Bonchev–Trinajstić information content (AvgIpc) is 3.15. The quantitative estimate of drug-likeness (QED) is 0.795. The van der Waals surface area contributed by atoms with Crippen molar-refractivity contribution in [2.24, 2.45) is 0 Å². The first-order valence-corrected chi connectivity index (χ1v) is 8.71. The molecule has 0 saturated carbocycles. The lowest BCUT2D eigenvalue weighted by atomic mass is 10.1. The van der Waals surface area contributed by atoms with E-state index in [9.17, 15) is 0 Å². The SMILES string of the molecule is C=CC(=N)/C=C\c1ncc(-c2ccc(N3CCN(CC)CC3)cc2)[nH]1. The molecule has 5 heteroatoms. The average molecular weight is 335 g/mol. The number of aromatic nitrogens is 2. The molecule has 1 aromatic carbocycles. The first-order chi connectivity index (χ1) is 12.2. The zero-order chi connectivity index (χ0) is 17.6. The lowest BCUT2D eigenvalue weighted by molar-refractivity contribution is 0.271. The summed E-state index contributed by atoms with van der Waals surface area (Å²) in [6, 6.07) is 8.63. The van der Waals surface area contributed by atoms with Crippen LogP contribution in [-0.2, 0) is 0 Å². The van der Waals surface area contributed by atoms with Crippen LogP contribution in [0.15, 0.2) is 49.2 Å². The molecule has 2 heterocycles. The van der Waals surface area contributed by atoms with Crippen LogP contribution in [0.4, 0.5) is 5.69 Å². The lowest BCUT2D eigenvalue weighted by Gasteiger charge is -2.35. The Kier molecular flexibility index (Phi) is 5.46. The highest BCUT2D eigenvalue weighted by molar-refractivity contribution is 6.03. The molecule has 130 valence electrons. The zero-order valence-corrected chi connectivity index (χ0v) is 14.7. The molecule has 5 nitrogen and oxygen atoms in total. The number of anilines is 1. The van der Waals surface area contributed by atoms with E-state index in [2.05, 4.69) is 57.5 Å². The molecule has 0 atom stereocenters. The number of benzene rings is 1. The molecule has 3 rings (SSSR count). The summed E-state index contributed by atoms with van der Waals surface area (Å²) < 4.78 is 0. The van der Waals surface area contributed by atoms with Gasteiger partial charge in [0.05, 0.1) is 17.6 Å². The number of H-pyrrole nitrogens is 1. The smallest absolute Gasteiger partial charge is 0.130 e. The highest BCUT2D eigenvalue weighted by Crippen LogP contribution is 2.23. The molecule has 1 aromatic heterocycles. The number of hydrogen-bond donors (Lipinski definition) is 2. The Morgan fingerprint density at radius 1 is 1.24 bits per heavy atom. The van der Waals surface area contributed by atoms with Gasteiger partial charge >= 0.3 is 0 Å². The van der Waals surface area contributed by atoms with E-state index >= 15 is 0 Å². The van der Waals surface area contributed by atoms with E-state index in [-0.39, 0.29) is 0 Å². The molecule has 1 saturated heterocycles. The molecule has 1 fully saturated rings. The predicted octanol–water partition coefficient (Wildman–Crippen LogP) is 3.44. The van der Waals surface area contributed by atoms with Gasteiger partial charge in [0.1, 0.15) is 5.82 Å². The number of imidazole rings is 1. The van der Waals surface area contributed by atoms with Gasteiger partial charge in [0.15, 0.2) is 0 Å². The third-order valence-electron chi connectivity index (χ3n) is 4.60. The molecule has 1 aliphatic rings. The number of aromatic amines is 1. The summed E-state index contributed by atoms with van der Waals surface area (Å²) in [7, 11) is 0. The Morgan fingerprint density at radius 2 is 1.96 bits per heavy atom. The summed E-state index contributed by atoms with van der Waals surface area (Å²) >= 11 is 0. The van der Waals surface area contributed by atoms with Crippen molar-refractivity contribution in [3.8, 4) is 11.3 Å². The number of nitrogens with zero attached hydrogens (tertiary/aromatic N) is 3. The monoisotopic (exact) mass is 335 g/mol. The fourth-order valence-electron chi connectivity index (χ4n) is 2.98. The minimum atomic E-state index is 0.366. The summed E-state index contributed by atoms with van der Waals surface area (Å²) in [6.45, 7) is 11.4. The van der Waals surface area contributed by atoms with Crippen LogP contribution in [0.1, 0.15) is 12.7 Å². The minimum Gasteiger partial charge on any atom is -0.369 e. The molecule has 0 spiro atoms. The topological polar surface area (TPSA) is 59.0 Å². The molecular weight excluding hydrogens is 310 g/mol. The number of piperazine rings is 1. The lowest BCUT2D eigenvalue weighted by Crippen LogP contribution is -2.46. The van der Waals surface area contributed by atoms with E-state index in [0.717, 1.165) is 49.8 Å². The van der Waals surface area contributed by atoms with Gasteiger partial charge in [-0.05, 0) is 42.5 Å². The third-order valence-corrected chi connectivity index (χ3v) is 4.60. The zero-order valence-electron chi connectivity index (χ0n) is 14.7. The third kappa shape index (κ3) is 4.25. The van der Waals surface area contributed by atoms with Gasteiger partial charge in [-0.2, -0.15) is 0 Å². The van der Waals surface area contributed by atoms with Crippen LogP contribution in [0.5, 0.6) is 0 Å². The first-order valence-electron chi connectivity index (χ1n) is 8.71. The Bertz CT molecular complexity index is 749. The van der Waals surface area contributed by atoms with E-state index in [1.165, 1.54) is 11.8 Å². The molecule has 25 heavy (non-hydrogen) atoms. The van der Waals surface area contributed by atoms with Crippen molar-refractivity contribution in [3.63, 3.8) is 0 Å². The van der Waals surface area contributed by atoms with Gasteiger partial charge < -0.3 is 20.2 Å². The van der Waals surface area contributed by atoms with Crippen LogP contribution in [0.25, 0.3) is 17.3 Å². The Hall–Kier alpha value is -2.66. The summed E-state index contributed by atoms with van der Waals surface area (Å²) in [4.78, 5) is 12.5. The Balaban J connectivity index is 1.66. The summed E-state index contributed by atoms with van der Waals surface area (Å²) in [5, 5.41) is 7.55. The fraction of sp³-hybridized carbons (Fsp3) is 0.300. The molecule has 0 radical (unpaired) electrons. The molecule has 2 N–H and O–H groups in total. The number of rotatable bonds is 6. The fourth-order valence-corrected chi connectivity index (χ4v) is 2.98. The molecule has 1 aliphatic heterocycles. The van der Waals surface area contributed by atoms with Gasteiger partial charge in [-0.3, -0.25) is 0 Å². The minimum absolute atomic E-state index is 0.366. The van der Waals surface area contributed by atoms with Crippen LogP contribution in [-0.4, -0.2) is 53.3 Å². The Labute approximate surface area is 149 Å². The largest absolute Gasteiger partial charge is 0.369 e. The standard InChI is InChI=1S/C20H25N5/c1-3-17(21)7-10-20-22-15-19(23-20)16-5-8-18(9-6-16)25-13-11-24(4-2)12-14-25/h3,5-10,15,21H,1,4,11-14H2,2H3,(H,22,23)/b10-7-,21-17?. The second-order valence-electron chi connectivity index (χ2n) is 6.14. The molecule has 0 amide bonds. The molecule has 2 aromatic rings. The normalized spacial score (nSPS) is 15.6. The number of nitrogens with one attached hydrogen (secondary N) is 2. The number of allylic oxidation sites excluding steroid dienone is 2. The number of hydrogen-bond acceptors (Lipinski definition) is 4. The van der Waals surface area contributed by atoms with Crippen molar-refractivity contribution < 1.29 is 0 Å². The second-order valence-corrected chi connectivity index (χ2v) is 6.14. The highest BCUT2D eigenvalue weighted by atomic mass is 15.3. The van der Waals surface area contributed by atoms with E-state index < -0.39 is 0 Å². The molecule has 0 bridgehead atoms. The first kappa shape index (κ1) is 17.2. The predicted molar refractivity (Wildman–Crippen MR) is 105 cm³/mol. The summed E-state index contributed by atoms with van der Waals surface area (Å²) in [5.41, 5.74) is 3.73. The van der Waals surface area contributed by atoms with Crippen LogP contribution in [0.3, 0.4) is 0 Å². The maximum Gasteiger partial charge on any atom is 0.130 e. The van der Waals surface area contributed by atoms with Gasteiger partial charge in [0.25, 0.3) is 0 Å². The maximum absolute atomic E-state index is 7.55. The summed E-state index contributed by atoms with van der Waals surface area (Å²) in [6.07, 6.45) is 6.79. The van der Waals surface area contributed by atoms with Crippen LogP contribution in [0, 0.1) is 5.41 Å². The highest BCUT2D eigenvalue weighted by Gasteiger charge is 2.15. The molecular formula is C20H25N5. The van der Waals surface area contributed by atoms with Crippen molar-refractivity contribution in [2.45, 2.75) is 6.92 Å². The van der Waals surface area contributed by atoms with Crippen molar-refractivity contribution in [2.75, 3.05) is 37.6 Å². The van der Waals surface area contributed by atoms with Crippen molar-refractivity contribution in [3.05, 3.63) is 55.0 Å². The molecule has 0 aliphatic carbocycles. The summed E-state index contributed by atoms with van der Waals surface area (Å²) in [5.74, 6) is 0.737. The van der Waals surface area contributed by atoms with Gasteiger partial charge in [-0.15, -0.1) is 0 Å². The van der Waals surface area contributed by atoms with Crippen molar-refractivity contribution in [1.29, 1.82) is 5.41 Å². The van der Waals surface area contributed by atoms with E-state index in [0.29, 0.717) is 5.71 Å². The van der Waals surface area contributed by atoms with E-state index in [1.807, 2.05) is 6.20 Å². The van der Waals surface area contributed by atoms with Crippen molar-refractivity contribution in [1.82, 2.24) is 14.9 Å². The van der Waals surface area contributed by atoms with Crippen LogP contribution in [0.2, 0.25) is 0 Å². The van der Waals surface area contributed by atoms with Crippen LogP contribution < -0.4 is 4.90 Å². The van der Waals surface area contributed by atoms with E-state index in [1.54, 1.807) is 12.2 Å². The van der Waals surface area contributed by atoms with Gasteiger partial charge in [0.2, 0.25) is 0 Å². The van der Waals surface area contributed by atoms with Gasteiger partial charge in [-0.1, -0.05) is 25.6 Å². The maximum atomic E-state index is 7.55. The van der Waals surface area contributed by atoms with E-state index in [4.69, 9.17) is 5.41 Å². The number of likely N-dealkylation sites (N-methyl/N-ethyl adjacent to an activating group) is 1. The Morgan fingerprint density at radius 3 is 2.60 bits per heavy atom. The van der Waals surface area contributed by atoms with Crippen molar-refractivity contribution >= 4 is 17.5 Å².